The average molecular weight is 285 g/mol. The minimum absolute atomic E-state index is 0.00560. The van der Waals surface area contributed by atoms with Gasteiger partial charge < -0.3 is 0 Å². The molecule has 1 aromatic rings. The normalized spacial score (nSPS) is 12.6. The first-order chi connectivity index (χ1) is 8.48. The van der Waals surface area contributed by atoms with Crippen molar-refractivity contribution in [2.45, 2.75) is 32.6 Å². The molecule has 0 N–H and O–H groups in total. The molecule has 0 amide bonds. The Morgan fingerprint density at radius 1 is 1.21 bits per heavy atom. The number of hydrogen-bond acceptors (Lipinski definition) is 2. The third-order valence-corrected chi connectivity index (χ3v) is 2.42. The predicted molar refractivity (Wildman–Crippen MR) is 53.7 cm³/mol. The van der Waals surface area contributed by atoms with Gasteiger partial charge in [0.15, 0.2) is 5.69 Å². The molecular weight excluding hydrogens is 276 g/mol. The Labute approximate surface area is 104 Å². The minimum atomic E-state index is -5.37. The summed E-state index contributed by atoms with van der Waals surface area (Å²) in [4.78, 5) is 14.2. The molecule has 0 radical (unpaired) electrons. The number of hydrogen-bond donors (Lipinski definition) is 0. The van der Waals surface area contributed by atoms with Crippen molar-refractivity contribution in [3.8, 4) is 0 Å². The van der Waals surface area contributed by atoms with Crippen molar-refractivity contribution < 1.29 is 31.1 Å². The molecule has 0 unspecified atom stereocenters. The fraction of sp³-hybridized carbons (Fsp3) is 0.455. The molecule has 0 fully saturated rings. The van der Waals surface area contributed by atoms with Gasteiger partial charge in [-0.2, -0.15) is 26.3 Å². The monoisotopic (exact) mass is 285 g/mol. The van der Waals surface area contributed by atoms with Crippen molar-refractivity contribution >= 4 is 5.78 Å². The molecule has 0 spiro atoms. The molecule has 1 aromatic heterocycles. The van der Waals surface area contributed by atoms with Gasteiger partial charge in [-0.05, 0) is 25.0 Å². The van der Waals surface area contributed by atoms with Crippen LogP contribution in [0, 0.1) is 6.92 Å². The van der Waals surface area contributed by atoms with Crippen LogP contribution in [-0.2, 0) is 12.6 Å². The third-order valence-electron chi connectivity index (χ3n) is 2.42. The zero-order valence-electron chi connectivity index (χ0n) is 9.91. The SMILES string of the molecule is CCc1nc(C(F)(F)F)c(C(=O)C(F)(F)F)cc1C. The number of carbonyl (C=O) groups is 1. The number of pyridine rings is 1. The first-order valence-corrected chi connectivity index (χ1v) is 5.17. The fourth-order valence-corrected chi connectivity index (χ4v) is 1.55. The number of nitrogens with zero attached hydrogens (tertiary/aromatic N) is 1. The van der Waals surface area contributed by atoms with Crippen molar-refractivity contribution in [1.29, 1.82) is 0 Å². The number of aromatic nitrogens is 1. The summed E-state index contributed by atoms with van der Waals surface area (Å²) in [5.74, 6) is -2.54. The molecule has 0 aliphatic carbocycles. The maximum Gasteiger partial charge on any atom is 0.454 e. The van der Waals surface area contributed by atoms with Crippen molar-refractivity contribution in [1.82, 2.24) is 4.98 Å². The van der Waals surface area contributed by atoms with E-state index in [0.717, 1.165) is 0 Å². The first kappa shape index (κ1) is 15.5. The number of halogens is 6. The second kappa shape index (κ2) is 4.82. The second-order valence-corrected chi connectivity index (χ2v) is 3.83. The summed E-state index contributed by atoms with van der Waals surface area (Å²) in [6, 6.07) is 0.588. The van der Waals surface area contributed by atoms with Gasteiger partial charge >= 0.3 is 12.4 Å². The Kier molecular flexibility index (Phi) is 3.92. The Bertz CT molecular complexity index is 503. The van der Waals surface area contributed by atoms with Gasteiger partial charge in [-0.15, -0.1) is 0 Å². The van der Waals surface area contributed by atoms with E-state index >= 15 is 0 Å². The van der Waals surface area contributed by atoms with Crippen molar-refractivity contribution in [2.75, 3.05) is 0 Å². The number of aryl methyl sites for hydroxylation is 2. The standard InChI is InChI=1S/C11H9F6NO/c1-3-7-5(2)4-6(9(19)11(15,16)17)8(18-7)10(12,13)14/h4H,3H2,1-2H3. The van der Waals surface area contributed by atoms with Gasteiger partial charge in [0.2, 0.25) is 0 Å². The van der Waals surface area contributed by atoms with E-state index < -0.39 is 29.4 Å². The van der Waals surface area contributed by atoms with Crippen molar-refractivity contribution in [3.63, 3.8) is 0 Å². The maximum absolute atomic E-state index is 12.7. The van der Waals surface area contributed by atoms with Crippen molar-refractivity contribution in [2.24, 2.45) is 0 Å². The van der Waals surface area contributed by atoms with Crippen LogP contribution >= 0.6 is 0 Å². The molecule has 0 aromatic carbocycles. The Morgan fingerprint density at radius 3 is 2.11 bits per heavy atom. The zero-order chi connectivity index (χ0) is 15.0. The topological polar surface area (TPSA) is 30.0 Å². The van der Waals surface area contributed by atoms with Crippen LogP contribution in [0.15, 0.2) is 6.07 Å². The molecule has 0 atom stereocenters. The van der Waals surface area contributed by atoms with Crippen LogP contribution in [0.25, 0.3) is 0 Å². The van der Waals surface area contributed by atoms with Crippen LogP contribution in [0.4, 0.5) is 26.3 Å². The summed E-state index contributed by atoms with van der Waals surface area (Å²) >= 11 is 0. The van der Waals surface area contributed by atoms with E-state index in [1.54, 1.807) is 0 Å². The largest absolute Gasteiger partial charge is 0.454 e. The zero-order valence-corrected chi connectivity index (χ0v) is 9.91. The van der Waals surface area contributed by atoms with E-state index in [1.807, 2.05) is 0 Å². The van der Waals surface area contributed by atoms with Gasteiger partial charge in [0.05, 0.1) is 5.56 Å². The van der Waals surface area contributed by atoms with Crippen LogP contribution in [0.5, 0.6) is 0 Å². The number of rotatable bonds is 2. The molecule has 1 heterocycles. The van der Waals surface area contributed by atoms with E-state index in [1.165, 1.54) is 13.8 Å². The summed E-state index contributed by atoms with van der Waals surface area (Å²) in [5.41, 5.74) is -3.14. The molecule has 8 heteroatoms. The fourth-order valence-electron chi connectivity index (χ4n) is 1.55. The lowest BCUT2D eigenvalue weighted by molar-refractivity contribution is -0.142. The van der Waals surface area contributed by atoms with E-state index in [4.69, 9.17) is 0 Å². The predicted octanol–water partition coefficient (Wildman–Crippen LogP) is 3.72. The lowest BCUT2D eigenvalue weighted by atomic mass is 10.0. The van der Waals surface area contributed by atoms with E-state index in [9.17, 15) is 31.1 Å². The molecule has 0 saturated heterocycles. The lowest BCUT2D eigenvalue weighted by Crippen LogP contribution is -2.27. The van der Waals surface area contributed by atoms with E-state index in [-0.39, 0.29) is 17.7 Å². The highest BCUT2D eigenvalue weighted by atomic mass is 19.4. The number of alkyl halides is 6. The van der Waals surface area contributed by atoms with Gasteiger partial charge in [-0.3, -0.25) is 4.79 Å². The van der Waals surface area contributed by atoms with Crippen LogP contribution in [0.2, 0.25) is 0 Å². The Hall–Kier alpha value is -1.60. The smallest absolute Gasteiger partial charge is 0.284 e. The summed E-state index contributed by atoms with van der Waals surface area (Å²) in [7, 11) is 0. The molecule has 0 saturated carbocycles. The quantitative estimate of drug-likeness (QED) is 0.612. The molecule has 0 aliphatic heterocycles. The lowest BCUT2D eigenvalue weighted by Gasteiger charge is -2.15. The van der Waals surface area contributed by atoms with Gasteiger partial charge in [0, 0.05) is 5.69 Å². The molecule has 19 heavy (non-hydrogen) atoms. The summed E-state index contributed by atoms with van der Waals surface area (Å²) < 4.78 is 74.8. The van der Waals surface area contributed by atoms with Gasteiger partial charge in [-0.1, -0.05) is 6.92 Å². The van der Waals surface area contributed by atoms with E-state index in [0.29, 0.717) is 6.07 Å². The number of carbonyl (C=O) groups excluding carboxylic acids is 1. The first-order valence-electron chi connectivity index (χ1n) is 5.17. The van der Waals surface area contributed by atoms with Crippen LogP contribution in [-0.4, -0.2) is 16.9 Å². The summed E-state index contributed by atoms with van der Waals surface area (Å²) in [5, 5.41) is 0. The second-order valence-electron chi connectivity index (χ2n) is 3.83. The highest BCUT2D eigenvalue weighted by Crippen LogP contribution is 2.34. The average Bonchev–Trinajstić information content (AvgIpc) is 2.24. The summed E-state index contributed by atoms with van der Waals surface area (Å²) in [6.45, 7) is 2.82. The number of Topliss-reactive ketones (excluding diaryl/α,β-unsaturated/α-hetero) is 1. The molecule has 0 bridgehead atoms. The minimum Gasteiger partial charge on any atom is -0.284 e. The van der Waals surface area contributed by atoms with Gasteiger partial charge in [-0.25, -0.2) is 4.98 Å². The van der Waals surface area contributed by atoms with Gasteiger partial charge in [0.25, 0.3) is 5.78 Å². The van der Waals surface area contributed by atoms with E-state index in [2.05, 4.69) is 4.98 Å². The third kappa shape index (κ3) is 3.24. The molecule has 2 nitrogen and oxygen atoms in total. The number of ketones is 1. The van der Waals surface area contributed by atoms with Gasteiger partial charge in [0.1, 0.15) is 0 Å². The Morgan fingerprint density at radius 2 is 1.74 bits per heavy atom. The van der Waals surface area contributed by atoms with Crippen molar-refractivity contribution in [3.05, 3.63) is 28.6 Å². The molecule has 106 valence electrons. The van der Waals surface area contributed by atoms with Crippen LogP contribution in [0.1, 0.15) is 34.2 Å². The highest BCUT2D eigenvalue weighted by molar-refractivity contribution is 6.01. The molecule has 0 aliphatic rings. The van der Waals surface area contributed by atoms with Crippen LogP contribution < -0.4 is 0 Å². The molecular formula is C11H9F6NO. The van der Waals surface area contributed by atoms with Crippen LogP contribution in [0.3, 0.4) is 0 Å². The highest BCUT2D eigenvalue weighted by Gasteiger charge is 2.46. The molecule has 1 rings (SSSR count). The Balaban J connectivity index is 3.55. The summed E-state index contributed by atoms with van der Waals surface area (Å²) in [6.07, 6.45) is -10.4. The maximum atomic E-state index is 12.7.